The monoisotopic (exact) mass is 455 g/mol. The summed E-state index contributed by atoms with van der Waals surface area (Å²) in [7, 11) is 0. The molecule has 1 aromatic carbocycles. The first kappa shape index (κ1) is 22.3. The fourth-order valence-electron chi connectivity index (χ4n) is 5.58. The fraction of sp³-hybridized carbons (Fsp3) is 0.625. The molecule has 0 bridgehead atoms. The van der Waals surface area contributed by atoms with E-state index in [1.165, 1.54) is 24.2 Å². The lowest BCUT2D eigenvalue weighted by Gasteiger charge is -2.37. The number of nitrogens with zero attached hydrogens (tertiary/aromatic N) is 3. The second kappa shape index (κ2) is 9.40. The number of piperazine rings is 1. The fourth-order valence-corrected chi connectivity index (χ4v) is 5.58. The molecule has 3 N–H and O–H groups in total. The van der Waals surface area contributed by atoms with Gasteiger partial charge in [-0.15, -0.1) is 0 Å². The Morgan fingerprint density at radius 1 is 1.00 bits per heavy atom. The molecule has 0 aromatic heterocycles. The summed E-state index contributed by atoms with van der Waals surface area (Å²) in [6.07, 6.45) is 3.06. The summed E-state index contributed by atoms with van der Waals surface area (Å²) in [5.74, 6) is -0.375. The molecule has 178 valence electrons. The average Bonchev–Trinajstić information content (AvgIpc) is 3.08. The number of amides is 3. The third-order valence-corrected chi connectivity index (χ3v) is 7.64. The molecule has 2 atom stereocenters. The predicted molar refractivity (Wildman–Crippen MR) is 123 cm³/mol. The van der Waals surface area contributed by atoms with Gasteiger partial charge in [-0.05, 0) is 63.4 Å². The molecule has 0 saturated carbocycles. The molecule has 4 aliphatic heterocycles. The lowest BCUT2D eigenvalue weighted by atomic mass is 9.94. The van der Waals surface area contributed by atoms with Crippen LogP contribution in [0.2, 0.25) is 0 Å². The molecule has 1 aromatic rings. The maximum absolute atomic E-state index is 13.1. The van der Waals surface area contributed by atoms with Gasteiger partial charge in [0.2, 0.25) is 11.8 Å². The Kier molecular flexibility index (Phi) is 6.36. The minimum Gasteiger partial charge on any atom is -0.369 e. The van der Waals surface area contributed by atoms with E-state index in [1.807, 2.05) is 12.1 Å². The molecule has 2 unspecified atom stereocenters. The second-order valence-electron chi connectivity index (χ2n) is 9.64. The summed E-state index contributed by atoms with van der Waals surface area (Å²) in [5, 5.41) is 16.5. The highest BCUT2D eigenvalue weighted by molar-refractivity contribution is 6.06. The van der Waals surface area contributed by atoms with Gasteiger partial charge in [0.1, 0.15) is 6.04 Å². The molecule has 0 aliphatic carbocycles. The summed E-state index contributed by atoms with van der Waals surface area (Å²) in [5.41, 5.74) is 1.93. The molecule has 0 radical (unpaired) electrons. The molecule has 3 fully saturated rings. The van der Waals surface area contributed by atoms with Gasteiger partial charge in [-0.1, -0.05) is 6.07 Å². The molecule has 9 heteroatoms. The van der Waals surface area contributed by atoms with Crippen LogP contribution in [0.1, 0.15) is 54.3 Å². The highest BCUT2D eigenvalue weighted by atomic mass is 16.3. The van der Waals surface area contributed by atoms with Crippen LogP contribution in [0, 0.1) is 5.92 Å². The minimum absolute atomic E-state index is 0.163. The van der Waals surface area contributed by atoms with Crippen molar-refractivity contribution in [2.24, 2.45) is 5.92 Å². The predicted octanol–water partition coefficient (Wildman–Crippen LogP) is 0.450. The lowest BCUT2D eigenvalue weighted by Crippen LogP contribution is -2.53. The van der Waals surface area contributed by atoms with Gasteiger partial charge in [0.15, 0.2) is 6.23 Å². The highest BCUT2D eigenvalue weighted by Crippen LogP contribution is 2.37. The normalized spacial score (nSPS) is 27.1. The molecule has 0 spiro atoms. The van der Waals surface area contributed by atoms with Crippen molar-refractivity contribution >= 4 is 23.4 Å². The van der Waals surface area contributed by atoms with E-state index < -0.39 is 18.2 Å². The maximum Gasteiger partial charge on any atom is 0.257 e. The third kappa shape index (κ3) is 4.49. The van der Waals surface area contributed by atoms with Crippen LogP contribution < -0.4 is 15.5 Å². The molecule has 9 nitrogen and oxygen atoms in total. The number of piperidine rings is 2. The number of carbonyl (C=O) groups excluding carboxylic acids is 3. The van der Waals surface area contributed by atoms with Gasteiger partial charge in [0.05, 0.1) is 0 Å². The number of rotatable bonds is 5. The van der Waals surface area contributed by atoms with Crippen molar-refractivity contribution in [2.45, 2.75) is 44.4 Å². The number of benzene rings is 1. The van der Waals surface area contributed by atoms with E-state index in [9.17, 15) is 19.5 Å². The summed E-state index contributed by atoms with van der Waals surface area (Å²) < 4.78 is 0. The number of carbonyl (C=O) groups is 3. The molecule has 3 amide bonds. The molecule has 33 heavy (non-hydrogen) atoms. The quantitative estimate of drug-likeness (QED) is 0.554. The number of fused-ring (bicyclic) bond motifs is 1. The van der Waals surface area contributed by atoms with Gasteiger partial charge in [-0.3, -0.25) is 29.5 Å². The van der Waals surface area contributed by atoms with Crippen LogP contribution in [-0.2, 0) is 9.59 Å². The van der Waals surface area contributed by atoms with E-state index in [2.05, 4.69) is 20.4 Å². The number of nitrogens with one attached hydrogen (secondary N) is 2. The van der Waals surface area contributed by atoms with Crippen LogP contribution in [0.4, 0.5) is 5.69 Å². The van der Waals surface area contributed by atoms with Crippen LogP contribution >= 0.6 is 0 Å². The van der Waals surface area contributed by atoms with Gasteiger partial charge < -0.3 is 15.3 Å². The van der Waals surface area contributed by atoms with Gasteiger partial charge in [0.25, 0.3) is 5.91 Å². The van der Waals surface area contributed by atoms with Crippen molar-refractivity contribution in [1.82, 2.24) is 20.4 Å². The first-order chi connectivity index (χ1) is 16.0. The Balaban J connectivity index is 1.20. The highest BCUT2D eigenvalue weighted by Gasteiger charge is 2.44. The van der Waals surface area contributed by atoms with Crippen LogP contribution in [0.15, 0.2) is 18.2 Å². The van der Waals surface area contributed by atoms with E-state index in [-0.39, 0.29) is 24.7 Å². The molecule has 4 heterocycles. The largest absolute Gasteiger partial charge is 0.369 e. The Labute approximate surface area is 194 Å². The molecule has 5 rings (SSSR count). The SMILES string of the molecule is O=C1CCC(N2C(=O)c3cc(N4CCN(CCC5CCNCC5)CC4)ccc3C2O)C(=O)N1. The van der Waals surface area contributed by atoms with Crippen LogP contribution in [0.3, 0.4) is 0 Å². The zero-order valence-electron chi connectivity index (χ0n) is 19.0. The van der Waals surface area contributed by atoms with E-state index in [0.717, 1.165) is 57.4 Å². The minimum atomic E-state index is -1.17. The van der Waals surface area contributed by atoms with Crippen LogP contribution in [0.25, 0.3) is 0 Å². The zero-order chi connectivity index (χ0) is 22.9. The number of hydrogen-bond donors (Lipinski definition) is 3. The summed E-state index contributed by atoms with van der Waals surface area (Å²) in [4.78, 5) is 42.9. The Hall–Kier alpha value is -2.49. The Morgan fingerprint density at radius 2 is 1.76 bits per heavy atom. The number of imide groups is 1. The Morgan fingerprint density at radius 3 is 2.48 bits per heavy atom. The number of anilines is 1. The van der Waals surface area contributed by atoms with Crippen LogP contribution in [-0.4, -0.2) is 84.5 Å². The number of aliphatic hydroxyl groups excluding tert-OH is 1. The number of aliphatic hydroxyl groups is 1. The smallest absolute Gasteiger partial charge is 0.257 e. The first-order valence-electron chi connectivity index (χ1n) is 12.2. The topological polar surface area (TPSA) is 105 Å². The standard InChI is InChI=1S/C24H33N5O4/c30-21-4-3-20(22(31)26-21)29-23(32)18-2-1-17(15-19(18)24(29)33)28-13-11-27(12-14-28)10-7-16-5-8-25-9-6-16/h1-2,15-16,20,23,25,32H,3-14H2,(H,26,30,31). The summed E-state index contributed by atoms with van der Waals surface area (Å²) in [6, 6.07) is 4.76. The second-order valence-corrected chi connectivity index (χ2v) is 9.64. The van der Waals surface area contributed by atoms with Crippen molar-refractivity contribution in [3.05, 3.63) is 29.3 Å². The van der Waals surface area contributed by atoms with Crippen molar-refractivity contribution < 1.29 is 19.5 Å². The maximum atomic E-state index is 13.1. The molecular formula is C24H33N5O4. The van der Waals surface area contributed by atoms with E-state index in [4.69, 9.17) is 0 Å². The van der Waals surface area contributed by atoms with E-state index in [1.54, 1.807) is 6.07 Å². The van der Waals surface area contributed by atoms with Crippen molar-refractivity contribution in [3.8, 4) is 0 Å². The molecular weight excluding hydrogens is 422 g/mol. The van der Waals surface area contributed by atoms with Crippen molar-refractivity contribution in [2.75, 3.05) is 50.7 Å². The van der Waals surface area contributed by atoms with Crippen molar-refractivity contribution in [3.63, 3.8) is 0 Å². The van der Waals surface area contributed by atoms with Gasteiger partial charge in [-0.2, -0.15) is 0 Å². The zero-order valence-corrected chi connectivity index (χ0v) is 19.0. The Bertz CT molecular complexity index is 923. The van der Waals surface area contributed by atoms with Gasteiger partial charge in [-0.25, -0.2) is 0 Å². The molecule has 4 aliphatic rings. The van der Waals surface area contributed by atoms with Crippen molar-refractivity contribution in [1.29, 1.82) is 0 Å². The average molecular weight is 456 g/mol. The summed E-state index contributed by atoms with van der Waals surface area (Å²) >= 11 is 0. The third-order valence-electron chi connectivity index (χ3n) is 7.64. The first-order valence-corrected chi connectivity index (χ1v) is 12.2. The lowest BCUT2D eigenvalue weighted by molar-refractivity contribution is -0.139. The number of hydrogen-bond acceptors (Lipinski definition) is 7. The van der Waals surface area contributed by atoms with Gasteiger partial charge >= 0.3 is 0 Å². The summed E-state index contributed by atoms with van der Waals surface area (Å²) in [6.45, 7) is 7.24. The van der Waals surface area contributed by atoms with Crippen LogP contribution in [0.5, 0.6) is 0 Å². The van der Waals surface area contributed by atoms with E-state index >= 15 is 0 Å². The molecule has 3 saturated heterocycles. The van der Waals surface area contributed by atoms with Gasteiger partial charge in [0, 0.05) is 49.4 Å². The van der Waals surface area contributed by atoms with E-state index in [0.29, 0.717) is 11.1 Å².